The maximum absolute atomic E-state index is 5.21. The predicted octanol–water partition coefficient (Wildman–Crippen LogP) is 26.6. The summed E-state index contributed by atoms with van der Waals surface area (Å²) in [5, 5.41) is 12.2. The van der Waals surface area contributed by atoms with Crippen molar-refractivity contribution in [3.05, 3.63) is 413 Å². The fourth-order valence-electron chi connectivity index (χ4n) is 17.1. The molecule has 0 aliphatic rings. The molecule has 0 saturated heterocycles. The standard InChI is InChI=1S/C57H37N5.C49H31N5/c1-4-16-38(17-5-1)42-34-43(39-18-6-2-7-19-39)36-44(35-42)57-59-55(40-20-8-3-9-21-40)58-56(60-57)41-28-30-45(31-29-41)61-53-27-15-12-24-49(53)50-37-46(32-33-54(50)61)62-51-25-13-10-22-47(51)48-23-11-14-26-52(48)62;1-2-13-33(14-3-1)47-50-48(52-49(51-47)36-23-22-32-12-4-5-15-35(32)30-36)34-24-26-37(27-25-34)53-45-21-11-8-18-41(45)42-31-38(28-29-46(42)53)54-43-19-9-6-16-39(43)40-17-7-10-20-44(40)54/h1-37H;1-31H. The number of benzene rings is 17. The van der Waals surface area contributed by atoms with Crippen LogP contribution in [0.25, 0.3) is 211 Å². The molecule has 17 aromatic carbocycles. The summed E-state index contributed by atoms with van der Waals surface area (Å²) in [5.41, 5.74) is 23.9. The average molecular weight is 1480 g/mol. The molecule has 10 heteroatoms. The third kappa shape index (κ3) is 11.8. The second kappa shape index (κ2) is 28.2. The Morgan fingerprint density at radius 1 is 0.129 bits per heavy atom. The molecule has 0 spiro atoms. The van der Waals surface area contributed by atoms with Crippen molar-refractivity contribution < 1.29 is 0 Å². The third-order valence-electron chi connectivity index (χ3n) is 22.5. The lowest BCUT2D eigenvalue weighted by Gasteiger charge is -2.13. The number of nitrogens with zero attached hydrogens (tertiary/aromatic N) is 10. The van der Waals surface area contributed by atoms with Gasteiger partial charge >= 0.3 is 0 Å². The molecule has 0 fully saturated rings. The minimum atomic E-state index is 0.616. The molecule has 0 aliphatic carbocycles. The number of para-hydroxylation sites is 6. The van der Waals surface area contributed by atoms with Crippen molar-refractivity contribution in [3.8, 4) is 113 Å². The minimum Gasteiger partial charge on any atom is -0.309 e. The molecule has 0 radical (unpaired) electrons. The van der Waals surface area contributed by atoms with Crippen LogP contribution in [-0.2, 0) is 0 Å². The number of fused-ring (bicyclic) bond motifs is 13. The van der Waals surface area contributed by atoms with Crippen LogP contribution in [0.5, 0.6) is 0 Å². The van der Waals surface area contributed by atoms with Gasteiger partial charge in [-0.05, 0) is 179 Å². The molecule has 23 aromatic rings. The van der Waals surface area contributed by atoms with E-state index in [-0.39, 0.29) is 0 Å². The lowest BCUT2D eigenvalue weighted by molar-refractivity contribution is 1.07. The van der Waals surface area contributed by atoms with E-state index in [2.05, 4.69) is 370 Å². The maximum atomic E-state index is 5.21. The number of hydrogen-bond donors (Lipinski definition) is 0. The summed E-state index contributed by atoms with van der Waals surface area (Å²) in [4.78, 5) is 30.4. The fraction of sp³-hybridized carbons (Fsp3) is 0. The lowest BCUT2D eigenvalue weighted by Crippen LogP contribution is -2.01. The van der Waals surface area contributed by atoms with Crippen LogP contribution in [0, 0.1) is 0 Å². The fourth-order valence-corrected chi connectivity index (χ4v) is 17.1. The van der Waals surface area contributed by atoms with E-state index in [4.69, 9.17) is 29.9 Å². The molecule has 0 atom stereocenters. The highest BCUT2D eigenvalue weighted by molar-refractivity contribution is 6.14. The number of hydrogen-bond acceptors (Lipinski definition) is 6. The largest absolute Gasteiger partial charge is 0.309 e. The molecule has 10 nitrogen and oxygen atoms in total. The van der Waals surface area contributed by atoms with E-state index in [1.54, 1.807) is 0 Å². The molecule has 116 heavy (non-hydrogen) atoms. The summed E-state index contributed by atoms with van der Waals surface area (Å²) in [5.74, 6) is 3.79. The summed E-state index contributed by atoms with van der Waals surface area (Å²) in [6.45, 7) is 0. The van der Waals surface area contributed by atoms with Crippen LogP contribution < -0.4 is 0 Å². The van der Waals surface area contributed by atoms with Gasteiger partial charge in [-0.25, -0.2) is 29.9 Å². The van der Waals surface area contributed by atoms with Crippen molar-refractivity contribution >= 4 is 98.0 Å². The van der Waals surface area contributed by atoms with Gasteiger partial charge in [0.25, 0.3) is 0 Å². The van der Waals surface area contributed by atoms with Crippen molar-refractivity contribution in [3.63, 3.8) is 0 Å². The van der Waals surface area contributed by atoms with Crippen LogP contribution in [0.3, 0.4) is 0 Å². The highest BCUT2D eigenvalue weighted by Gasteiger charge is 2.22. The normalized spacial score (nSPS) is 11.6. The number of aromatic nitrogens is 10. The van der Waals surface area contributed by atoms with E-state index >= 15 is 0 Å². The van der Waals surface area contributed by atoms with E-state index in [0.717, 1.165) is 106 Å². The van der Waals surface area contributed by atoms with Gasteiger partial charge in [-0.1, -0.05) is 267 Å². The topological polar surface area (TPSA) is 97.1 Å². The van der Waals surface area contributed by atoms with Gasteiger partial charge in [-0.15, -0.1) is 0 Å². The van der Waals surface area contributed by atoms with E-state index in [1.165, 1.54) is 70.5 Å². The summed E-state index contributed by atoms with van der Waals surface area (Å²) in [6, 6.07) is 146. The van der Waals surface area contributed by atoms with Gasteiger partial charge in [0.05, 0.1) is 44.1 Å². The van der Waals surface area contributed by atoms with E-state index in [9.17, 15) is 0 Å². The Kier molecular flexibility index (Phi) is 16.3. The minimum absolute atomic E-state index is 0.616. The van der Waals surface area contributed by atoms with Crippen LogP contribution in [0.2, 0.25) is 0 Å². The molecule has 6 heterocycles. The van der Waals surface area contributed by atoms with Crippen LogP contribution in [-0.4, -0.2) is 48.2 Å². The Morgan fingerprint density at radius 3 is 0.733 bits per heavy atom. The first-order chi connectivity index (χ1) is 57.5. The van der Waals surface area contributed by atoms with Crippen molar-refractivity contribution in [2.45, 2.75) is 0 Å². The van der Waals surface area contributed by atoms with E-state index < -0.39 is 0 Å². The Balaban J connectivity index is 0.000000142. The van der Waals surface area contributed by atoms with Crippen LogP contribution in [0.4, 0.5) is 0 Å². The van der Waals surface area contributed by atoms with Gasteiger partial charge in [0.2, 0.25) is 0 Å². The molecule has 0 unspecified atom stereocenters. The molecule has 23 rings (SSSR count). The van der Waals surface area contributed by atoms with Crippen molar-refractivity contribution in [2.75, 3.05) is 0 Å². The Hall–Kier alpha value is -15.8. The van der Waals surface area contributed by atoms with Crippen LogP contribution >= 0.6 is 0 Å². The molecule has 0 bridgehead atoms. The molecule has 0 amide bonds. The SMILES string of the molecule is c1ccc(-c2cc(-c3ccccc3)cc(-c3nc(-c4ccccc4)nc(-c4ccc(-n5c6ccccc6c6cc(-n7c8ccccc8c8ccccc87)ccc65)cc4)n3)c2)cc1.c1ccc(-c2nc(-c3ccc(-n4c5ccccc5c5cc(-n6c7ccccc7c7ccccc76)ccc54)cc3)nc(-c3ccc4ccccc4c3)n2)cc1. The van der Waals surface area contributed by atoms with Gasteiger partial charge in [-0.2, -0.15) is 0 Å². The summed E-state index contributed by atoms with van der Waals surface area (Å²) in [7, 11) is 0. The van der Waals surface area contributed by atoms with Crippen LogP contribution in [0.1, 0.15) is 0 Å². The zero-order valence-electron chi connectivity index (χ0n) is 62.7. The Morgan fingerprint density at radius 2 is 0.371 bits per heavy atom. The second-order valence-electron chi connectivity index (χ2n) is 29.4. The second-order valence-corrected chi connectivity index (χ2v) is 29.4. The summed E-state index contributed by atoms with van der Waals surface area (Å²) < 4.78 is 9.49. The third-order valence-corrected chi connectivity index (χ3v) is 22.5. The molecular weight excluding hydrogens is 1410 g/mol. The first kappa shape index (κ1) is 67.1. The number of rotatable bonds is 12. The summed E-state index contributed by atoms with van der Waals surface area (Å²) in [6.07, 6.45) is 0. The first-order valence-electron chi connectivity index (χ1n) is 39.1. The zero-order valence-corrected chi connectivity index (χ0v) is 62.7. The maximum Gasteiger partial charge on any atom is 0.164 e. The van der Waals surface area contributed by atoms with Gasteiger partial charge in [0.15, 0.2) is 34.9 Å². The zero-order chi connectivity index (χ0) is 76.6. The highest BCUT2D eigenvalue weighted by atomic mass is 15.1. The predicted molar refractivity (Wildman–Crippen MR) is 478 cm³/mol. The van der Waals surface area contributed by atoms with Gasteiger partial charge in [0.1, 0.15) is 0 Å². The molecule has 0 saturated carbocycles. The molecule has 542 valence electrons. The van der Waals surface area contributed by atoms with Gasteiger partial charge < -0.3 is 18.3 Å². The molecule has 0 N–H and O–H groups in total. The molecule has 6 aromatic heterocycles. The first-order valence-corrected chi connectivity index (χ1v) is 39.1. The molecular formula is C106H68N10. The quantitative estimate of drug-likeness (QED) is 0.121. The van der Waals surface area contributed by atoms with E-state index in [1.807, 2.05) is 60.7 Å². The Labute approximate surface area is 667 Å². The Bertz CT molecular complexity index is 7570. The molecule has 0 aliphatic heterocycles. The van der Waals surface area contributed by atoms with Crippen molar-refractivity contribution in [2.24, 2.45) is 0 Å². The van der Waals surface area contributed by atoms with Crippen LogP contribution in [0.15, 0.2) is 413 Å². The smallest absolute Gasteiger partial charge is 0.164 e. The summed E-state index contributed by atoms with van der Waals surface area (Å²) >= 11 is 0. The van der Waals surface area contributed by atoms with Gasteiger partial charge in [-0.3, -0.25) is 0 Å². The van der Waals surface area contributed by atoms with Crippen molar-refractivity contribution in [1.29, 1.82) is 0 Å². The highest BCUT2D eigenvalue weighted by Crippen LogP contribution is 2.42. The lowest BCUT2D eigenvalue weighted by atomic mass is 9.96. The average Bonchev–Trinajstić information content (AvgIpc) is 1.56. The van der Waals surface area contributed by atoms with E-state index in [0.29, 0.717) is 34.9 Å². The monoisotopic (exact) mass is 1480 g/mol. The van der Waals surface area contributed by atoms with Crippen molar-refractivity contribution in [1.82, 2.24) is 48.2 Å². The van der Waals surface area contributed by atoms with Gasteiger partial charge in [0, 0.05) is 99.2 Å².